The topological polar surface area (TPSA) is 123 Å². The van der Waals surface area contributed by atoms with E-state index in [4.69, 9.17) is 10.5 Å². The number of nitrogen functional groups attached to an aromatic ring is 1. The molecule has 0 fully saturated rings. The van der Waals surface area contributed by atoms with Crippen LogP contribution in [0.15, 0.2) is 9.59 Å². The van der Waals surface area contributed by atoms with Gasteiger partial charge < -0.3 is 10.5 Å². The minimum atomic E-state index is -0.699. The van der Waals surface area contributed by atoms with Gasteiger partial charge in [0.25, 0.3) is 11.5 Å². The molecule has 28 heavy (non-hydrogen) atoms. The smallest absolute Gasteiger partial charge is 0.330 e. The molecular formula is C18H27N5O4S. The summed E-state index contributed by atoms with van der Waals surface area (Å²) >= 11 is 1.31. The number of aromatic nitrogens is 3. The summed E-state index contributed by atoms with van der Waals surface area (Å²) in [7, 11) is 1.51. The molecule has 0 radical (unpaired) electrons. The Kier molecular flexibility index (Phi) is 7.53. The molecule has 0 aliphatic heterocycles. The molecule has 2 aromatic heterocycles. The summed E-state index contributed by atoms with van der Waals surface area (Å²) in [5.74, 6) is -0.413. The third kappa shape index (κ3) is 4.50. The van der Waals surface area contributed by atoms with Gasteiger partial charge in [0.15, 0.2) is 5.69 Å². The van der Waals surface area contributed by atoms with Crippen LogP contribution in [-0.4, -0.2) is 40.7 Å². The van der Waals surface area contributed by atoms with Gasteiger partial charge in [-0.1, -0.05) is 13.8 Å². The molecule has 0 unspecified atom stereocenters. The summed E-state index contributed by atoms with van der Waals surface area (Å²) in [5.41, 5.74) is 5.42. The molecule has 2 aromatic rings. The van der Waals surface area contributed by atoms with Crippen LogP contribution in [0.5, 0.6) is 0 Å². The van der Waals surface area contributed by atoms with Crippen molar-refractivity contribution in [3.63, 3.8) is 0 Å². The number of rotatable bonds is 9. The van der Waals surface area contributed by atoms with Gasteiger partial charge in [0.1, 0.15) is 10.7 Å². The first-order valence-corrected chi connectivity index (χ1v) is 10.1. The van der Waals surface area contributed by atoms with E-state index in [-0.39, 0.29) is 30.6 Å². The van der Waals surface area contributed by atoms with E-state index in [1.807, 2.05) is 13.8 Å². The second-order valence-corrected chi connectivity index (χ2v) is 7.45. The van der Waals surface area contributed by atoms with Gasteiger partial charge in [-0.25, -0.2) is 9.78 Å². The van der Waals surface area contributed by atoms with Gasteiger partial charge >= 0.3 is 5.69 Å². The van der Waals surface area contributed by atoms with Crippen molar-refractivity contribution in [1.29, 1.82) is 0 Å². The van der Waals surface area contributed by atoms with E-state index >= 15 is 0 Å². The first kappa shape index (κ1) is 21.8. The number of ether oxygens (including phenoxy) is 1. The van der Waals surface area contributed by atoms with Gasteiger partial charge in [-0.2, -0.15) is 0 Å². The van der Waals surface area contributed by atoms with Crippen LogP contribution in [-0.2, 0) is 17.7 Å². The summed E-state index contributed by atoms with van der Waals surface area (Å²) in [4.78, 5) is 46.4. The number of hydrogen-bond acceptors (Lipinski definition) is 7. The number of thiazole rings is 1. The molecule has 0 spiro atoms. The van der Waals surface area contributed by atoms with Crippen molar-refractivity contribution < 1.29 is 9.53 Å². The Morgan fingerprint density at radius 2 is 2.04 bits per heavy atom. The summed E-state index contributed by atoms with van der Waals surface area (Å²) in [6, 6.07) is 0. The molecule has 0 saturated heterocycles. The lowest BCUT2D eigenvalue weighted by atomic mass is 10.3. The van der Waals surface area contributed by atoms with Crippen molar-refractivity contribution in [3.05, 3.63) is 36.4 Å². The molecule has 1 amide bonds. The highest BCUT2D eigenvalue weighted by molar-refractivity contribution is 7.14. The lowest BCUT2D eigenvalue weighted by Gasteiger charge is -2.24. The molecule has 2 rings (SSSR count). The number of aryl methyl sites for hydroxylation is 2. The number of anilines is 2. The normalized spacial score (nSPS) is 11.0. The van der Waals surface area contributed by atoms with Crippen molar-refractivity contribution in [2.24, 2.45) is 0 Å². The third-order valence-electron chi connectivity index (χ3n) is 4.19. The maximum absolute atomic E-state index is 13.3. The zero-order valence-corrected chi connectivity index (χ0v) is 17.5. The first-order valence-electron chi connectivity index (χ1n) is 9.25. The average molecular weight is 410 g/mol. The van der Waals surface area contributed by atoms with E-state index in [9.17, 15) is 14.4 Å². The van der Waals surface area contributed by atoms with Gasteiger partial charge in [-0.3, -0.25) is 24.0 Å². The van der Waals surface area contributed by atoms with E-state index in [2.05, 4.69) is 9.97 Å². The summed E-state index contributed by atoms with van der Waals surface area (Å²) < 4.78 is 6.38. The molecule has 0 aromatic carbocycles. The molecular weight excluding hydrogens is 382 g/mol. The third-order valence-corrected chi connectivity index (χ3v) is 5.40. The van der Waals surface area contributed by atoms with E-state index in [1.54, 1.807) is 6.92 Å². The predicted molar refractivity (Wildman–Crippen MR) is 110 cm³/mol. The van der Waals surface area contributed by atoms with Crippen LogP contribution < -0.4 is 21.9 Å². The molecule has 0 atom stereocenters. The minimum Gasteiger partial charge on any atom is -0.383 e. The molecule has 9 nitrogen and oxygen atoms in total. The second kappa shape index (κ2) is 9.65. The number of nitrogens with zero attached hydrogens (tertiary/aromatic N) is 3. The van der Waals surface area contributed by atoms with Crippen LogP contribution in [0.2, 0.25) is 0 Å². The van der Waals surface area contributed by atoms with Gasteiger partial charge in [-0.05, 0) is 26.2 Å². The maximum Gasteiger partial charge on any atom is 0.330 e. The van der Waals surface area contributed by atoms with E-state index in [0.29, 0.717) is 23.5 Å². The Labute approximate surface area is 167 Å². The highest BCUT2D eigenvalue weighted by Gasteiger charge is 2.27. The highest BCUT2D eigenvalue weighted by Crippen LogP contribution is 2.25. The van der Waals surface area contributed by atoms with Crippen LogP contribution in [0.25, 0.3) is 0 Å². The first-order chi connectivity index (χ1) is 13.3. The largest absolute Gasteiger partial charge is 0.383 e. The van der Waals surface area contributed by atoms with Crippen LogP contribution >= 0.6 is 11.3 Å². The molecule has 0 saturated carbocycles. The van der Waals surface area contributed by atoms with Crippen molar-refractivity contribution in [2.75, 3.05) is 30.9 Å². The van der Waals surface area contributed by atoms with Gasteiger partial charge in [0.05, 0.1) is 17.3 Å². The monoisotopic (exact) mass is 409 g/mol. The number of H-pyrrole nitrogens is 1. The fourth-order valence-corrected chi connectivity index (χ4v) is 3.99. The van der Waals surface area contributed by atoms with E-state index in [1.165, 1.54) is 27.9 Å². The van der Waals surface area contributed by atoms with Crippen LogP contribution in [0.1, 0.15) is 47.1 Å². The standard InChI is InChI=1S/C18H27N5O4S/c1-5-7-12-20-11(3)14(28-12)17(25)22(9-10-27-4)13-15(19)23(8-6-2)18(26)21-16(13)24/h5-10,19H2,1-4H3,(H,21,24,26). The predicted octanol–water partition coefficient (Wildman–Crippen LogP) is 1.54. The number of amides is 1. The van der Waals surface area contributed by atoms with Crippen molar-refractivity contribution in [3.8, 4) is 0 Å². The number of hydrogen-bond donors (Lipinski definition) is 2. The molecule has 10 heteroatoms. The fourth-order valence-electron chi connectivity index (χ4n) is 2.88. The summed E-state index contributed by atoms with van der Waals surface area (Å²) in [6.07, 6.45) is 2.35. The fraction of sp³-hybridized carbons (Fsp3) is 0.556. The average Bonchev–Trinajstić information content (AvgIpc) is 3.01. The Morgan fingerprint density at radius 3 is 2.64 bits per heavy atom. The maximum atomic E-state index is 13.3. The van der Waals surface area contributed by atoms with Gasteiger partial charge in [0.2, 0.25) is 0 Å². The van der Waals surface area contributed by atoms with E-state index in [0.717, 1.165) is 17.8 Å². The van der Waals surface area contributed by atoms with Crippen molar-refractivity contribution >= 4 is 28.7 Å². The quantitative estimate of drug-likeness (QED) is 0.647. The number of carbonyl (C=O) groups is 1. The molecule has 0 bridgehead atoms. The molecule has 2 heterocycles. The highest BCUT2D eigenvalue weighted by atomic mass is 32.1. The second-order valence-electron chi connectivity index (χ2n) is 6.37. The number of nitrogens with two attached hydrogens (primary N) is 1. The summed E-state index contributed by atoms with van der Waals surface area (Å²) in [6.45, 7) is 6.36. The number of nitrogens with one attached hydrogen (secondary N) is 1. The zero-order chi connectivity index (χ0) is 20.8. The number of carbonyl (C=O) groups excluding carboxylic acids is 1. The lowest BCUT2D eigenvalue weighted by molar-refractivity contribution is 0.0978. The number of methoxy groups -OCH3 is 1. The zero-order valence-electron chi connectivity index (χ0n) is 16.7. The van der Waals surface area contributed by atoms with Crippen LogP contribution in [0.3, 0.4) is 0 Å². The van der Waals surface area contributed by atoms with Crippen molar-refractivity contribution in [2.45, 2.75) is 46.6 Å². The minimum absolute atomic E-state index is 0.0315. The lowest BCUT2D eigenvalue weighted by Crippen LogP contribution is -2.42. The Bertz CT molecular complexity index is 946. The summed E-state index contributed by atoms with van der Waals surface area (Å²) in [5, 5.41) is 0.868. The van der Waals surface area contributed by atoms with E-state index < -0.39 is 11.2 Å². The Hall–Kier alpha value is -2.46. The molecule has 154 valence electrons. The Balaban J connectivity index is 2.58. The molecule has 3 N–H and O–H groups in total. The van der Waals surface area contributed by atoms with Crippen LogP contribution in [0.4, 0.5) is 11.5 Å². The molecule has 0 aliphatic rings. The van der Waals surface area contributed by atoms with Crippen LogP contribution in [0, 0.1) is 6.92 Å². The SMILES string of the molecule is CCCc1nc(C)c(C(=O)N(CCOC)c2c(N)n(CCC)c(=O)[nH]c2=O)s1. The number of aromatic amines is 1. The molecule has 0 aliphatic carbocycles. The van der Waals surface area contributed by atoms with Crippen molar-refractivity contribution in [1.82, 2.24) is 14.5 Å². The van der Waals surface area contributed by atoms with Gasteiger partial charge in [-0.15, -0.1) is 11.3 Å². The Morgan fingerprint density at radius 1 is 1.32 bits per heavy atom. The van der Waals surface area contributed by atoms with Gasteiger partial charge in [0, 0.05) is 20.2 Å².